The van der Waals surface area contributed by atoms with Gasteiger partial charge in [-0.05, 0) is 59.8 Å². The van der Waals surface area contributed by atoms with Gasteiger partial charge in [-0.2, -0.15) is 0 Å². The largest absolute Gasteiger partial charge is 0.396 e. The van der Waals surface area contributed by atoms with Crippen molar-refractivity contribution in [3.8, 4) is 0 Å². The lowest BCUT2D eigenvalue weighted by Crippen LogP contribution is -2.36. The molecule has 2 rings (SSSR count). The van der Waals surface area contributed by atoms with E-state index in [9.17, 15) is 5.11 Å². The van der Waals surface area contributed by atoms with Crippen molar-refractivity contribution in [3.63, 3.8) is 0 Å². The molecule has 0 aliphatic carbocycles. The summed E-state index contributed by atoms with van der Waals surface area (Å²) in [5, 5.41) is 9.19. The molecule has 0 aromatic carbocycles. The number of aliphatic hydroxyl groups excluding tert-OH is 1. The molecule has 1 N–H and O–H groups in total. The van der Waals surface area contributed by atoms with Crippen LogP contribution in [-0.4, -0.2) is 29.7 Å². The lowest BCUT2D eigenvalue weighted by atomic mass is 9.99. The fourth-order valence-corrected chi connectivity index (χ4v) is 3.94. The Hall–Kier alpha value is 0.100. The number of nitrogens with zero attached hydrogens (tertiary/aromatic N) is 1. The van der Waals surface area contributed by atoms with E-state index in [4.69, 9.17) is 0 Å². The fraction of sp³-hybridized carbons (Fsp3) is 0.667. The van der Waals surface area contributed by atoms with Crippen LogP contribution >= 0.6 is 27.3 Å². The highest BCUT2D eigenvalue weighted by Gasteiger charge is 2.19. The third-order valence-corrected chi connectivity index (χ3v) is 5.27. The number of hydrogen-bond donors (Lipinski definition) is 1. The predicted octanol–water partition coefficient (Wildman–Crippen LogP) is 3.02. The van der Waals surface area contributed by atoms with Crippen LogP contribution in [0.5, 0.6) is 0 Å². The van der Waals surface area contributed by atoms with E-state index in [1.54, 1.807) is 0 Å². The van der Waals surface area contributed by atoms with Crippen LogP contribution in [0.2, 0.25) is 0 Å². The molecular formula is C12H18BrNOS. The molecule has 0 amide bonds. The van der Waals surface area contributed by atoms with Crippen LogP contribution in [0, 0.1) is 12.8 Å². The predicted molar refractivity (Wildman–Crippen MR) is 71.8 cm³/mol. The smallest absolute Gasteiger partial charge is 0.0730 e. The molecule has 1 aliphatic rings. The number of halogens is 1. The highest BCUT2D eigenvalue weighted by atomic mass is 79.9. The Bertz CT molecular complexity index is 333. The molecule has 1 aromatic rings. The maximum absolute atomic E-state index is 9.19. The van der Waals surface area contributed by atoms with Crippen molar-refractivity contribution in [1.82, 2.24) is 4.90 Å². The van der Waals surface area contributed by atoms with Crippen molar-refractivity contribution in [3.05, 3.63) is 20.3 Å². The minimum Gasteiger partial charge on any atom is -0.396 e. The van der Waals surface area contributed by atoms with E-state index in [-0.39, 0.29) is 0 Å². The summed E-state index contributed by atoms with van der Waals surface area (Å²) in [6.07, 6.45) is 2.40. The zero-order valence-electron chi connectivity index (χ0n) is 9.58. The maximum atomic E-state index is 9.19. The molecule has 1 fully saturated rings. The molecule has 0 radical (unpaired) electrons. The van der Waals surface area contributed by atoms with Gasteiger partial charge in [0.1, 0.15) is 0 Å². The summed E-state index contributed by atoms with van der Waals surface area (Å²) in [5.74, 6) is 0.484. The summed E-state index contributed by atoms with van der Waals surface area (Å²) in [7, 11) is 0. The van der Waals surface area contributed by atoms with Crippen LogP contribution < -0.4 is 0 Å². The highest BCUT2D eigenvalue weighted by molar-refractivity contribution is 9.11. The Labute approximate surface area is 109 Å². The van der Waals surface area contributed by atoms with E-state index in [1.807, 2.05) is 11.3 Å². The Balaban J connectivity index is 1.93. The average Bonchev–Trinajstić information content (AvgIpc) is 2.58. The second-order valence-electron chi connectivity index (χ2n) is 4.60. The van der Waals surface area contributed by atoms with Gasteiger partial charge in [0.05, 0.1) is 3.79 Å². The van der Waals surface area contributed by atoms with Gasteiger partial charge >= 0.3 is 0 Å². The number of piperidine rings is 1. The zero-order chi connectivity index (χ0) is 11.5. The second kappa shape index (κ2) is 5.63. The minimum absolute atomic E-state index is 0.337. The number of aliphatic hydroxyl groups is 1. The van der Waals surface area contributed by atoms with Gasteiger partial charge in [-0.25, -0.2) is 0 Å². The van der Waals surface area contributed by atoms with Gasteiger partial charge in [0.2, 0.25) is 0 Å². The van der Waals surface area contributed by atoms with Gasteiger partial charge in [0, 0.05) is 24.6 Å². The van der Waals surface area contributed by atoms with Crippen molar-refractivity contribution < 1.29 is 5.11 Å². The summed E-state index contributed by atoms with van der Waals surface area (Å²) in [5.41, 5.74) is 1.33. The summed E-state index contributed by atoms with van der Waals surface area (Å²) >= 11 is 5.40. The molecule has 2 nitrogen and oxygen atoms in total. The molecule has 1 aromatic heterocycles. The summed E-state index contributed by atoms with van der Waals surface area (Å²) in [6.45, 7) is 5.73. The standard InChI is InChI=1S/C12H18BrNOS/c1-9-5-11(16-12(9)13)7-14-4-2-3-10(6-14)8-15/h5,10,15H,2-4,6-8H2,1H3. The monoisotopic (exact) mass is 303 g/mol. The van der Waals surface area contributed by atoms with Gasteiger partial charge in [-0.3, -0.25) is 4.90 Å². The van der Waals surface area contributed by atoms with Gasteiger partial charge in [-0.1, -0.05) is 0 Å². The molecular weight excluding hydrogens is 286 g/mol. The number of likely N-dealkylation sites (tertiary alicyclic amines) is 1. The van der Waals surface area contributed by atoms with Gasteiger partial charge in [0.25, 0.3) is 0 Å². The first-order chi connectivity index (χ1) is 7.69. The number of aryl methyl sites for hydroxylation is 1. The normalized spacial score (nSPS) is 22.6. The summed E-state index contributed by atoms with van der Waals surface area (Å²) in [6, 6.07) is 2.26. The second-order valence-corrected chi connectivity index (χ2v) is 7.05. The van der Waals surface area contributed by atoms with Crippen molar-refractivity contribution in [1.29, 1.82) is 0 Å². The highest BCUT2D eigenvalue weighted by Crippen LogP contribution is 2.29. The maximum Gasteiger partial charge on any atom is 0.0730 e. The van der Waals surface area contributed by atoms with Gasteiger partial charge in [-0.15, -0.1) is 11.3 Å². The van der Waals surface area contributed by atoms with Crippen LogP contribution in [0.25, 0.3) is 0 Å². The van der Waals surface area contributed by atoms with Crippen LogP contribution in [-0.2, 0) is 6.54 Å². The van der Waals surface area contributed by atoms with Crippen molar-refractivity contribution >= 4 is 27.3 Å². The Morgan fingerprint density at radius 1 is 1.62 bits per heavy atom. The summed E-state index contributed by atoms with van der Waals surface area (Å²) in [4.78, 5) is 3.88. The quantitative estimate of drug-likeness (QED) is 0.928. The molecule has 0 spiro atoms. The molecule has 1 unspecified atom stereocenters. The number of thiophene rings is 1. The molecule has 16 heavy (non-hydrogen) atoms. The van der Waals surface area contributed by atoms with Crippen LogP contribution in [0.15, 0.2) is 9.85 Å². The molecule has 0 saturated carbocycles. The first-order valence-corrected chi connectivity index (χ1v) is 7.38. The topological polar surface area (TPSA) is 23.5 Å². The van der Waals surface area contributed by atoms with Crippen LogP contribution in [0.4, 0.5) is 0 Å². The van der Waals surface area contributed by atoms with Crippen LogP contribution in [0.3, 0.4) is 0 Å². The van der Waals surface area contributed by atoms with Crippen molar-refractivity contribution in [2.45, 2.75) is 26.3 Å². The number of rotatable bonds is 3. The lowest BCUT2D eigenvalue weighted by molar-refractivity contribution is 0.116. The zero-order valence-corrected chi connectivity index (χ0v) is 12.0. The molecule has 1 saturated heterocycles. The Morgan fingerprint density at radius 3 is 3.06 bits per heavy atom. The minimum atomic E-state index is 0.337. The lowest BCUT2D eigenvalue weighted by Gasteiger charge is -2.31. The van der Waals surface area contributed by atoms with E-state index in [1.165, 1.54) is 33.6 Å². The molecule has 0 bridgehead atoms. The molecule has 2 heterocycles. The number of hydrogen-bond acceptors (Lipinski definition) is 3. The fourth-order valence-electron chi connectivity index (χ4n) is 2.27. The van der Waals surface area contributed by atoms with Gasteiger partial charge in [0.15, 0.2) is 0 Å². The molecule has 90 valence electrons. The summed E-state index contributed by atoms with van der Waals surface area (Å²) < 4.78 is 1.25. The van der Waals surface area contributed by atoms with E-state index in [0.717, 1.165) is 13.1 Å². The first-order valence-electron chi connectivity index (χ1n) is 5.77. The molecule has 1 aliphatic heterocycles. The average molecular weight is 304 g/mol. The first kappa shape index (κ1) is 12.6. The SMILES string of the molecule is Cc1cc(CN2CCCC(CO)C2)sc1Br. The Morgan fingerprint density at radius 2 is 2.44 bits per heavy atom. The third kappa shape index (κ3) is 3.06. The van der Waals surface area contributed by atoms with Crippen molar-refractivity contribution in [2.75, 3.05) is 19.7 Å². The Kier molecular flexibility index (Phi) is 4.41. The van der Waals surface area contributed by atoms with Gasteiger partial charge < -0.3 is 5.11 Å². The van der Waals surface area contributed by atoms with E-state index in [2.05, 4.69) is 33.8 Å². The van der Waals surface area contributed by atoms with Crippen LogP contribution in [0.1, 0.15) is 23.3 Å². The third-order valence-electron chi connectivity index (χ3n) is 3.15. The van der Waals surface area contributed by atoms with E-state index < -0.39 is 0 Å². The van der Waals surface area contributed by atoms with E-state index in [0.29, 0.717) is 12.5 Å². The van der Waals surface area contributed by atoms with Crippen molar-refractivity contribution in [2.24, 2.45) is 5.92 Å². The molecule has 4 heteroatoms. The van der Waals surface area contributed by atoms with E-state index >= 15 is 0 Å². The molecule has 1 atom stereocenters.